The molecule has 1 aliphatic heterocycles. The number of hydrogen-bond acceptors (Lipinski definition) is 4. The molecule has 0 spiro atoms. The maximum Gasteiger partial charge on any atom is 0.258 e. The number of ether oxygens (including phenoxy) is 1. The molecule has 0 aromatic heterocycles. The summed E-state index contributed by atoms with van der Waals surface area (Å²) in [5.74, 6) is 0.469. The Balaban J connectivity index is 1.37. The second-order valence-corrected chi connectivity index (χ2v) is 7.55. The van der Waals surface area contributed by atoms with Crippen molar-refractivity contribution in [3.05, 3.63) is 64.7 Å². The van der Waals surface area contributed by atoms with E-state index in [4.69, 9.17) is 16.3 Å². The van der Waals surface area contributed by atoms with Crippen LogP contribution in [0.3, 0.4) is 0 Å². The second kappa shape index (κ2) is 9.71. The molecule has 0 aliphatic carbocycles. The van der Waals surface area contributed by atoms with Crippen molar-refractivity contribution in [1.29, 1.82) is 0 Å². The van der Waals surface area contributed by atoms with Gasteiger partial charge in [-0.25, -0.2) is 0 Å². The number of hydrogen-bond donors (Lipinski definition) is 1. The van der Waals surface area contributed by atoms with Gasteiger partial charge in [-0.15, -0.1) is 0 Å². The minimum absolute atomic E-state index is 0.00620. The molecule has 0 saturated carbocycles. The van der Waals surface area contributed by atoms with E-state index in [0.717, 1.165) is 37.5 Å². The highest BCUT2D eigenvalue weighted by Crippen LogP contribution is 2.16. The van der Waals surface area contributed by atoms with E-state index in [9.17, 15) is 9.59 Å². The Labute approximate surface area is 170 Å². The first-order valence-electron chi connectivity index (χ1n) is 9.49. The summed E-state index contributed by atoms with van der Waals surface area (Å²) in [6.07, 6.45) is 1.85. The standard InChI is InChI=1S/C22H25ClN2O3/c1-16(26)18-4-8-21(9-5-18)28-15-22(27)24-20-10-12-25(13-11-20)14-17-2-6-19(23)7-3-17/h2-9,20H,10-15H2,1H3,(H,24,27). The molecule has 1 heterocycles. The van der Waals surface area contributed by atoms with Gasteiger partial charge in [0.25, 0.3) is 5.91 Å². The van der Waals surface area contributed by atoms with Crippen LogP contribution in [0.5, 0.6) is 5.75 Å². The van der Waals surface area contributed by atoms with Gasteiger partial charge in [0.15, 0.2) is 12.4 Å². The van der Waals surface area contributed by atoms with Crippen molar-refractivity contribution in [1.82, 2.24) is 10.2 Å². The minimum Gasteiger partial charge on any atom is -0.484 e. The predicted molar refractivity (Wildman–Crippen MR) is 110 cm³/mol. The number of halogens is 1. The Morgan fingerprint density at radius 2 is 1.71 bits per heavy atom. The molecule has 1 N–H and O–H groups in total. The predicted octanol–water partition coefficient (Wildman–Crippen LogP) is 3.70. The first-order chi connectivity index (χ1) is 13.5. The average Bonchev–Trinajstić information content (AvgIpc) is 2.70. The molecule has 0 radical (unpaired) electrons. The highest BCUT2D eigenvalue weighted by atomic mass is 35.5. The van der Waals surface area contributed by atoms with Crippen molar-refractivity contribution in [3.63, 3.8) is 0 Å². The molecule has 2 aromatic rings. The largest absolute Gasteiger partial charge is 0.484 e. The summed E-state index contributed by atoms with van der Waals surface area (Å²) in [5.41, 5.74) is 1.87. The smallest absolute Gasteiger partial charge is 0.258 e. The number of benzene rings is 2. The summed E-state index contributed by atoms with van der Waals surface area (Å²) in [5, 5.41) is 3.80. The van der Waals surface area contributed by atoms with Gasteiger partial charge < -0.3 is 10.1 Å². The first-order valence-corrected chi connectivity index (χ1v) is 9.87. The van der Waals surface area contributed by atoms with Crippen LogP contribution >= 0.6 is 11.6 Å². The normalized spacial score (nSPS) is 15.2. The van der Waals surface area contributed by atoms with Crippen molar-refractivity contribution < 1.29 is 14.3 Å². The zero-order chi connectivity index (χ0) is 19.9. The Kier molecular flexibility index (Phi) is 7.06. The van der Waals surface area contributed by atoms with Crippen LogP contribution in [0.15, 0.2) is 48.5 Å². The average molecular weight is 401 g/mol. The molecular formula is C22H25ClN2O3. The van der Waals surface area contributed by atoms with Gasteiger partial charge in [0.1, 0.15) is 5.75 Å². The molecular weight excluding hydrogens is 376 g/mol. The highest BCUT2D eigenvalue weighted by molar-refractivity contribution is 6.30. The topological polar surface area (TPSA) is 58.6 Å². The Bertz CT molecular complexity index is 798. The third-order valence-electron chi connectivity index (χ3n) is 4.90. The van der Waals surface area contributed by atoms with Crippen molar-refractivity contribution in [2.24, 2.45) is 0 Å². The van der Waals surface area contributed by atoms with Crippen molar-refractivity contribution in [2.75, 3.05) is 19.7 Å². The number of carbonyl (C=O) groups excluding carboxylic acids is 2. The number of nitrogens with one attached hydrogen (secondary N) is 1. The van der Waals surface area contributed by atoms with Gasteiger partial charge in [0.05, 0.1) is 0 Å². The minimum atomic E-state index is -0.119. The molecule has 2 aromatic carbocycles. The zero-order valence-corrected chi connectivity index (χ0v) is 16.7. The summed E-state index contributed by atoms with van der Waals surface area (Å²) >= 11 is 5.93. The fourth-order valence-corrected chi connectivity index (χ4v) is 3.41. The van der Waals surface area contributed by atoms with Gasteiger partial charge in [0, 0.05) is 36.3 Å². The van der Waals surface area contributed by atoms with E-state index >= 15 is 0 Å². The summed E-state index contributed by atoms with van der Waals surface area (Å²) in [4.78, 5) is 25.8. The van der Waals surface area contributed by atoms with E-state index in [-0.39, 0.29) is 24.3 Å². The quantitative estimate of drug-likeness (QED) is 0.720. The SMILES string of the molecule is CC(=O)c1ccc(OCC(=O)NC2CCN(Cc3ccc(Cl)cc3)CC2)cc1. The Hall–Kier alpha value is -2.37. The van der Waals surface area contributed by atoms with E-state index in [2.05, 4.69) is 22.3 Å². The Morgan fingerprint density at radius 3 is 2.32 bits per heavy atom. The fourth-order valence-electron chi connectivity index (χ4n) is 3.29. The molecule has 0 unspecified atom stereocenters. The molecule has 0 atom stereocenters. The summed E-state index contributed by atoms with van der Waals surface area (Å²) in [7, 11) is 0. The lowest BCUT2D eigenvalue weighted by molar-refractivity contribution is -0.124. The highest BCUT2D eigenvalue weighted by Gasteiger charge is 2.20. The van der Waals surface area contributed by atoms with Crippen molar-refractivity contribution in [3.8, 4) is 5.75 Å². The molecule has 148 valence electrons. The summed E-state index contributed by atoms with van der Waals surface area (Å²) in [6.45, 7) is 4.29. The molecule has 1 saturated heterocycles. The second-order valence-electron chi connectivity index (χ2n) is 7.11. The molecule has 5 nitrogen and oxygen atoms in total. The molecule has 0 bridgehead atoms. The molecule has 6 heteroatoms. The number of likely N-dealkylation sites (tertiary alicyclic amines) is 1. The van der Waals surface area contributed by atoms with Crippen LogP contribution in [0, 0.1) is 0 Å². The van der Waals surface area contributed by atoms with Gasteiger partial charge in [-0.2, -0.15) is 0 Å². The lowest BCUT2D eigenvalue weighted by atomic mass is 10.0. The van der Waals surface area contributed by atoms with Crippen LogP contribution in [0.25, 0.3) is 0 Å². The van der Waals surface area contributed by atoms with Gasteiger partial charge in [-0.05, 0) is 61.7 Å². The third-order valence-corrected chi connectivity index (χ3v) is 5.15. The van der Waals surface area contributed by atoms with Crippen LogP contribution in [0.2, 0.25) is 5.02 Å². The number of piperidine rings is 1. The maximum absolute atomic E-state index is 12.1. The van der Waals surface area contributed by atoms with E-state index in [1.807, 2.05) is 12.1 Å². The molecule has 28 heavy (non-hydrogen) atoms. The van der Waals surface area contributed by atoms with E-state index < -0.39 is 0 Å². The first kappa shape index (κ1) is 20.4. The van der Waals surface area contributed by atoms with E-state index in [0.29, 0.717) is 11.3 Å². The number of ketones is 1. The number of nitrogens with zero attached hydrogens (tertiary/aromatic N) is 1. The summed E-state index contributed by atoms with van der Waals surface area (Å²) in [6, 6.07) is 14.9. The number of Topliss-reactive ketones (excluding diaryl/α,β-unsaturated/α-hetero) is 1. The van der Waals surface area contributed by atoms with Crippen molar-refractivity contribution >= 4 is 23.3 Å². The summed E-state index contributed by atoms with van der Waals surface area (Å²) < 4.78 is 5.51. The number of rotatable bonds is 7. The molecule has 1 fully saturated rings. The van der Waals surface area contributed by atoms with Gasteiger partial charge in [-0.1, -0.05) is 23.7 Å². The van der Waals surface area contributed by atoms with E-state index in [1.165, 1.54) is 12.5 Å². The molecule has 3 rings (SSSR count). The number of amides is 1. The van der Waals surface area contributed by atoms with Crippen molar-refractivity contribution in [2.45, 2.75) is 32.4 Å². The van der Waals surface area contributed by atoms with Crippen LogP contribution in [0.4, 0.5) is 0 Å². The number of carbonyl (C=O) groups is 2. The van der Waals surface area contributed by atoms with Gasteiger partial charge in [0.2, 0.25) is 0 Å². The fraction of sp³-hybridized carbons (Fsp3) is 0.364. The maximum atomic E-state index is 12.1. The monoisotopic (exact) mass is 400 g/mol. The zero-order valence-electron chi connectivity index (χ0n) is 16.0. The third kappa shape index (κ3) is 6.08. The van der Waals surface area contributed by atoms with Gasteiger partial charge >= 0.3 is 0 Å². The van der Waals surface area contributed by atoms with E-state index in [1.54, 1.807) is 24.3 Å². The van der Waals surface area contributed by atoms with Crippen LogP contribution in [-0.2, 0) is 11.3 Å². The molecule has 1 amide bonds. The lowest BCUT2D eigenvalue weighted by Crippen LogP contribution is -2.45. The van der Waals surface area contributed by atoms with Gasteiger partial charge in [-0.3, -0.25) is 14.5 Å². The van der Waals surface area contributed by atoms with Crippen LogP contribution in [-0.4, -0.2) is 42.3 Å². The lowest BCUT2D eigenvalue weighted by Gasteiger charge is -2.32. The Morgan fingerprint density at radius 1 is 1.07 bits per heavy atom. The van der Waals surface area contributed by atoms with Crippen LogP contribution < -0.4 is 10.1 Å². The molecule has 1 aliphatic rings. The van der Waals surface area contributed by atoms with Crippen LogP contribution in [0.1, 0.15) is 35.7 Å².